The van der Waals surface area contributed by atoms with Crippen LogP contribution < -0.4 is 11.1 Å². The summed E-state index contributed by atoms with van der Waals surface area (Å²) < 4.78 is 0. The molecule has 0 radical (unpaired) electrons. The van der Waals surface area contributed by atoms with Crippen molar-refractivity contribution in [3.05, 3.63) is 28.8 Å². The van der Waals surface area contributed by atoms with E-state index >= 15 is 0 Å². The standard InChI is InChI=1S/C15H22ClN3O2/c1-3-7-18-14(20)10-19(8-4-2)15(21)12-6-5-11(17)9-13(12)16/h5-6,9H,3-4,7-8,10,17H2,1-2H3,(H,18,20). The highest BCUT2D eigenvalue weighted by molar-refractivity contribution is 6.34. The minimum Gasteiger partial charge on any atom is -0.399 e. The van der Waals surface area contributed by atoms with Crippen molar-refractivity contribution in [3.8, 4) is 0 Å². The van der Waals surface area contributed by atoms with Gasteiger partial charge >= 0.3 is 0 Å². The molecule has 0 aliphatic rings. The second-order valence-corrected chi connectivity index (χ2v) is 5.22. The van der Waals surface area contributed by atoms with E-state index in [0.29, 0.717) is 29.4 Å². The van der Waals surface area contributed by atoms with E-state index in [9.17, 15) is 9.59 Å². The van der Waals surface area contributed by atoms with Gasteiger partial charge in [0.1, 0.15) is 0 Å². The van der Waals surface area contributed by atoms with Crippen LogP contribution in [0.5, 0.6) is 0 Å². The van der Waals surface area contributed by atoms with E-state index < -0.39 is 0 Å². The third-order valence-electron chi connectivity index (χ3n) is 2.91. The summed E-state index contributed by atoms with van der Waals surface area (Å²) in [6, 6.07) is 4.75. The number of amides is 2. The monoisotopic (exact) mass is 311 g/mol. The number of benzene rings is 1. The van der Waals surface area contributed by atoms with Crippen LogP contribution >= 0.6 is 11.6 Å². The molecule has 0 bridgehead atoms. The second-order valence-electron chi connectivity index (χ2n) is 4.82. The molecular weight excluding hydrogens is 290 g/mol. The smallest absolute Gasteiger partial charge is 0.255 e. The maximum atomic E-state index is 12.5. The van der Waals surface area contributed by atoms with Crippen LogP contribution in [0.25, 0.3) is 0 Å². The number of anilines is 1. The minimum atomic E-state index is -0.256. The van der Waals surface area contributed by atoms with Crippen LogP contribution in [-0.2, 0) is 4.79 Å². The van der Waals surface area contributed by atoms with E-state index in [1.807, 2.05) is 13.8 Å². The van der Waals surface area contributed by atoms with Crippen LogP contribution in [0.1, 0.15) is 37.0 Å². The first-order valence-electron chi connectivity index (χ1n) is 7.10. The molecule has 5 nitrogen and oxygen atoms in total. The fraction of sp³-hybridized carbons (Fsp3) is 0.467. The molecule has 0 spiro atoms. The fourth-order valence-corrected chi connectivity index (χ4v) is 2.16. The molecule has 2 amide bonds. The largest absolute Gasteiger partial charge is 0.399 e. The maximum absolute atomic E-state index is 12.5. The van der Waals surface area contributed by atoms with E-state index in [0.717, 1.165) is 12.8 Å². The average molecular weight is 312 g/mol. The predicted molar refractivity (Wildman–Crippen MR) is 85.4 cm³/mol. The Labute approximate surface area is 130 Å². The first kappa shape index (κ1) is 17.3. The van der Waals surface area contributed by atoms with Crippen molar-refractivity contribution < 1.29 is 9.59 Å². The topological polar surface area (TPSA) is 75.4 Å². The van der Waals surface area contributed by atoms with E-state index in [1.165, 1.54) is 11.0 Å². The van der Waals surface area contributed by atoms with Crippen LogP contribution in [0.3, 0.4) is 0 Å². The number of rotatable bonds is 7. The Kier molecular flexibility index (Phi) is 7.02. The first-order valence-corrected chi connectivity index (χ1v) is 7.48. The van der Waals surface area contributed by atoms with Crippen LogP contribution in [0.2, 0.25) is 5.02 Å². The summed E-state index contributed by atoms with van der Waals surface area (Å²) in [6.45, 7) is 5.07. The number of nitrogen functional groups attached to an aromatic ring is 1. The number of carbonyl (C=O) groups excluding carboxylic acids is 2. The van der Waals surface area contributed by atoms with E-state index in [1.54, 1.807) is 12.1 Å². The zero-order valence-corrected chi connectivity index (χ0v) is 13.2. The molecule has 0 aromatic heterocycles. The van der Waals surface area contributed by atoms with Gasteiger partial charge in [-0.15, -0.1) is 0 Å². The van der Waals surface area contributed by atoms with Crippen LogP contribution in [-0.4, -0.2) is 36.3 Å². The first-order chi connectivity index (χ1) is 9.99. The van der Waals surface area contributed by atoms with Gasteiger partial charge in [-0.2, -0.15) is 0 Å². The summed E-state index contributed by atoms with van der Waals surface area (Å²) in [6.07, 6.45) is 1.62. The average Bonchev–Trinajstić information content (AvgIpc) is 2.44. The maximum Gasteiger partial charge on any atom is 0.255 e. The lowest BCUT2D eigenvalue weighted by atomic mass is 10.1. The molecule has 0 fully saturated rings. The van der Waals surface area contributed by atoms with Crippen LogP contribution in [0, 0.1) is 0 Å². The van der Waals surface area contributed by atoms with Gasteiger partial charge in [0.15, 0.2) is 0 Å². The van der Waals surface area contributed by atoms with Gasteiger partial charge in [-0.25, -0.2) is 0 Å². The van der Waals surface area contributed by atoms with Gasteiger partial charge in [0.05, 0.1) is 17.1 Å². The Morgan fingerprint density at radius 3 is 2.57 bits per heavy atom. The number of carbonyl (C=O) groups is 2. The highest BCUT2D eigenvalue weighted by Gasteiger charge is 2.20. The summed E-state index contributed by atoms with van der Waals surface area (Å²) >= 11 is 6.06. The molecule has 0 aliphatic heterocycles. The van der Waals surface area contributed by atoms with Crippen molar-refractivity contribution in [2.24, 2.45) is 0 Å². The third-order valence-corrected chi connectivity index (χ3v) is 3.22. The number of halogens is 1. The van der Waals surface area contributed by atoms with Gasteiger partial charge in [0.25, 0.3) is 5.91 Å². The molecule has 0 saturated carbocycles. The number of hydrogen-bond acceptors (Lipinski definition) is 3. The minimum absolute atomic E-state index is 0.0351. The lowest BCUT2D eigenvalue weighted by Crippen LogP contribution is -2.41. The molecule has 3 N–H and O–H groups in total. The summed E-state index contributed by atoms with van der Waals surface area (Å²) in [5.41, 5.74) is 6.49. The molecule has 0 heterocycles. The van der Waals surface area contributed by atoms with Gasteiger partial charge < -0.3 is 16.0 Å². The molecule has 6 heteroatoms. The molecule has 21 heavy (non-hydrogen) atoms. The van der Waals surface area contributed by atoms with Gasteiger partial charge in [0.2, 0.25) is 5.91 Å². The summed E-state index contributed by atoms with van der Waals surface area (Å²) in [5.74, 6) is -0.418. The van der Waals surface area contributed by atoms with E-state index in [2.05, 4.69) is 5.32 Å². The molecule has 1 aromatic rings. The predicted octanol–water partition coefficient (Wildman–Crippen LogP) is 2.30. The molecule has 0 unspecified atom stereocenters. The zero-order chi connectivity index (χ0) is 15.8. The summed E-state index contributed by atoms with van der Waals surface area (Å²) in [7, 11) is 0. The lowest BCUT2D eigenvalue weighted by Gasteiger charge is -2.22. The Balaban J connectivity index is 2.83. The van der Waals surface area contributed by atoms with E-state index in [-0.39, 0.29) is 18.4 Å². The summed E-state index contributed by atoms with van der Waals surface area (Å²) in [5, 5.41) is 3.07. The molecule has 0 saturated heterocycles. The number of nitrogens with one attached hydrogen (secondary N) is 1. The van der Waals surface area contributed by atoms with Crippen molar-refractivity contribution in [1.82, 2.24) is 10.2 Å². The van der Waals surface area contributed by atoms with Gasteiger partial charge in [0, 0.05) is 18.8 Å². The Hall–Kier alpha value is -1.75. The molecule has 0 aliphatic carbocycles. The number of nitrogens with zero attached hydrogens (tertiary/aromatic N) is 1. The van der Waals surface area contributed by atoms with Gasteiger partial charge in [-0.3, -0.25) is 9.59 Å². The highest BCUT2D eigenvalue weighted by atomic mass is 35.5. The molecule has 0 atom stereocenters. The van der Waals surface area contributed by atoms with Crippen LogP contribution in [0.15, 0.2) is 18.2 Å². The Morgan fingerprint density at radius 1 is 1.29 bits per heavy atom. The Bertz CT molecular complexity index is 506. The Morgan fingerprint density at radius 2 is 2.00 bits per heavy atom. The van der Waals surface area contributed by atoms with Crippen molar-refractivity contribution >= 4 is 29.1 Å². The molecule has 116 valence electrons. The van der Waals surface area contributed by atoms with Crippen molar-refractivity contribution in [2.75, 3.05) is 25.4 Å². The SMILES string of the molecule is CCCNC(=O)CN(CCC)C(=O)c1ccc(N)cc1Cl. The molecular formula is C15H22ClN3O2. The molecule has 1 rings (SSSR count). The fourth-order valence-electron chi connectivity index (χ4n) is 1.89. The number of hydrogen-bond donors (Lipinski definition) is 2. The number of nitrogens with two attached hydrogens (primary N) is 1. The third kappa shape index (κ3) is 5.27. The van der Waals surface area contributed by atoms with Crippen LogP contribution in [0.4, 0.5) is 5.69 Å². The van der Waals surface area contributed by atoms with Gasteiger partial charge in [-0.1, -0.05) is 25.4 Å². The lowest BCUT2D eigenvalue weighted by molar-refractivity contribution is -0.121. The van der Waals surface area contributed by atoms with Crippen molar-refractivity contribution in [1.29, 1.82) is 0 Å². The van der Waals surface area contributed by atoms with E-state index in [4.69, 9.17) is 17.3 Å². The summed E-state index contributed by atoms with van der Waals surface area (Å²) in [4.78, 5) is 25.8. The quantitative estimate of drug-likeness (QED) is 0.759. The highest BCUT2D eigenvalue weighted by Crippen LogP contribution is 2.20. The van der Waals surface area contributed by atoms with Crippen molar-refractivity contribution in [2.45, 2.75) is 26.7 Å². The molecule has 1 aromatic carbocycles. The normalized spacial score (nSPS) is 10.2. The van der Waals surface area contributed by atoms with Crippen molar-refractivity contribution in [3.63, 3.8) is 0 Å². The second kappa shape index (κ2) is 8.52. The zero-order valence-electron chi connectivity index (χ0n) is 12.5. The van der Waals surface area contributed by atoms with Gasteiger partial charge in [-0.05, 0) is 31.0 Å².